The van der Waals surface area contributed by atoms with E-state index in [1.807, 2.05) is 19.1 Å². The summed E-state index contributed by atoms with van der Waals surface area (Å²) >= 11 is 0. The van der Waals surface area contributed by atoms with Crippen molar-refractivity contribution in [2.75, 3.05) is 5.43 Å². The number of anilines is 1. The van der Waals surface area contributed by atoms with Gasteiger partial charge < -0.3 is 10.7 Å². The molecule has 0 aliphatic carbocycles. The van der Waals surface area contributed by atoms with Crippen LogP contribution >= 0.6 is 0 Å². The van der Waals surface area contributed by atoms with Crippen molar-refractivity contribution in [2.24, 2.45) is 5.84 Å². The number of hydrogen-bond donors (Lipinski definition) is 3. The summed E-state index contributed by atoms with van der Waals surface area (Å²) in [7, 11) is 0. The van der Waals surface area contributed by atoms with Crippen LogP contribution in [0.15, 0.2) is 36.9 Å². The van der Waals surface area contributed by atoms with Gasteiger partial charge in [-0.15, -0.1) is 0 Å². The Morgan fingerprint density at radius 2 is 2.00 bits per heavy atom. The molecule has 0 bridgehead atoms. The van der Waals surface area contributed by atoms with Crippen LogP contribution in [0.4, 0.5) is 5.82 Å². The molecule has 0 aliphatic heterocycles. The molecule has 0 fully saturated rings. The van der Waals surface area contributed by atoms with Crippen LogP contribution in [-0.2, 0) is 0 Å². The highest BCUT2D eigenvalue weighted by atomic mass is 16.1. The summed E-state index contributed by atoms with van der Waals surface area (Å²) in [5.74, 6) is 5.28. The number of rotatable bonds is 4. The van der Waals surface area contributed by atoms with Gasteiger partial charge in [0.1, 0.15) is 5.69 Å². The lowest BCUT2D eigenvalue weighted by atomic mass is 10.1. The molecule has 0 aromatic carbocycles. The van der Waals surface area contributed by atoms with Crippen molar-refractivity contribution in [3.8, 4) is 0 Å². The largest absolute Gasteiger partial charge is 0.344 e. The number of hydrazine groups is 1. The molecule has 98 valence electrons. The number of aromatic nitrogens is 3. The van der Waals surface area contributed by atoms with Crippen molar-refractivity contribution in [2.45, 2.75) is 13.0 Å². The van der Waals surface area contributed by atoms with Crippen LogP contribution in [0.5, 0.6) is 0 Å². The summed E-state index contributed by atoms with van der Waals surface area (Å²) in [5, 5.41) is 2.83. The summed E-state index contributed by atoms with van der Waals surface area (Å²) in [5.41, 5.74) is 3.55. The number of carbonyl (C=O) groups excluding carboxylic acids is 1. The van der Waals surface area contributed by atoms with Crippen molar-refractivity contribution in [1.29, 1.82) is 0 Å². The summed E-state index contributed by atoms with van der Waals surface area (Å²) < 4.78 is 0. The minimum Gasteiger partial charge on any atom is -0.344 e. The molecular weight excluding hydrogens is 244 g/mol. The van der Waals surface area contributed by atoms with Gasteiger partial charge in [-0.1, -0.05) is 0 Å². The maximum atomic E-state index is 11.9. The van der Waals surface area contributed by atoms with Crippen molar-refractivity contribution >= 4 is 11.7 Å². The average Bonchev–Trinajstić information content (AvgIpc) is 2.48. The van der Waals surface area contributed by atoms with Gasteiger partial charge in [0.15, 0.2) is 5.82 Å². The summed E-state index contributed by atoms with van der Waals surface area (Å²) in [6.45, 7) is 1.89. The minimum atomic E-state index is -0.291. The molecule has 2 heterocycles. The molecule has 0 saturated carbocycles. The van der Waals surface area contributed by atoms with Gasteiger partial charge in [-0.3, -0.25) is 9.78 Å². The summed E-state index contributed by atoms with van der Waals surface area (Å²) in [6, 6.07) is 3.56. The van der Waals surface area contributed by atoms with E-state index in [2.05, 4.69) is 25.7 Å². The summed E-state index contributed by atoms with van der Waals surface area (Å²) in [6.07, 6.45) is 6.12. The van der Waals surface area contributed by atoms with Crippen molar-refractivity contribution in [3.05, 3.63) is 48.2 Å². The molecule has 0 saturated heterocycles. The molecule has 7 heteroatoms. The molecule has 1 amide bonds. The second kappa shape index (κ2) is 5.87. The Labute approximate surface area is 110 Å². The molecule has 0 aliphatic rings. The minimum absolute atomic E-state index is 0.135. The highest BCUT2D eigenvalue weighted by molar-refractivity contribution is 5.92. The van der Waals surface area contributed by atoms with E-state index in [1.165, 1.54) is 12.4 Å². The van der Waals surface area contributed by atoms with E-state index >= 15 is 0 Å². The monoisotopic (exact) mass is 258 g/mol. The first kappa shape index (κ1) is 12.9. The van der Waals surface area contributed by atoms with Crippen LogP contribution in [0.3, 0.4) is 0 Å². The Balaban J connectivity index is 2.04. The first-order valence-electron chi connectivity index (χ1n) is 5.70. The standard InChI is InChI=1S/C12H14N6O/c1-8(9-2-4-14-5-3-9)17-12(19)10-6-16-11(18-13)7-15-10/h2-8H,13H2,1H3,(H,16,18)(H,17,19). The molecule has 1 atom stereocenters. The second-order valence-electron chi connectivity index (χ2n) is 3.91. The molecule has 0 spiro atoms. The van der Waals surface area contributed by atoms with E-state index in [1.54, 1.807) is 12.4 Å². The molecule has 1 unspecified atom stereocenters. The van der Waals surface area contributed by atoms with Gasteiger partial charge in [-0.2, -0.15) is 0 Å². The predicted octanol–water partition coefficient (Wildman–Crippen LogP) is 0.648. The van der Waals surface area contributed by atoms with E-state index in [9.17, 15) is 4.79 Å². The number of pyridine rings is 1. The molecule has 2 rings (SSSR count). The zero-order valence-corrected chi connectivity index (χ0v) is 10.4. The first-order chi connectivity index (χ1) is 9.20. The normalized spacial score (nSPS) is 11.7. The Morgan fingerprint density at radius 3 is 2.58 bits per heavy atom. The van der Waals surface area contributed by atoms with Gasteiger partial charge in [-0.25, -0.2) is 15.8 Å². The molecule has 2 aromatic heterocycles. The van der Waals surface area contributed by atoms with Crippen LogP contribution in [-0.4, -0.2) is 20.9 Å². The van der Waals surface area contributed by atoms with Gasteiger partial charge in [-0.05, 0) is 24.6 Å². The maximum Gasteiger partial charge on any atom is 0.271 e. The van der Waals surface area contributed by atoms with Gasteiger partial charge in [0.2, 0.25) is 0 Å². The highest BCUT2D eigenvalue weighted by Crippen LogP contribution is 2.11. The predicted molar refractivity (Wildman–Crippen MR) is 70.0 cm³/mol. The topological polar surface area (TPSA) is 106 Å². The zero-order chi connectivity index (χ0) is 13.7. The first-order valence-corrected chi connectivity index (χ1v) is 5.70. The lowest BCUT2D eigenvalue weighted by Crippen LogP contribution is -2.27. The number of nitrogens with two attached hydrogens (primary N) is 1. The fraction of sp³-hybridized carbons (Fsp3) is 0.167. The SMILES string of the molecule is CC(NC(=O)c1cnc(NN)cn1)c1ccncc1. The van der Waals surface area contributed by atoms with Crippen LogP contribution in [0.2, 0.25) is 0 Å². The van der Waals surface area contributed by atoms with Crippen LogP contribution in [0.1, 0.15) is 29.0 Å². The smallest absolute Gasteiger partial charge is 0.271 e. The molecule has 2 aromatic rings. The van der Waals surface area contributed by atoms with Crippen molar-refractivity contribution < 1.29 is 4.79 Å². The number of nitrogens with zero attached hydrogens (tertiary/aromatic N) is 3. The lowest BCUT2D eigenvalue weighted by molar-refractivity contribution is 0.0934. The number of nitrogens with one attached hydrogen (secondary N) is 2. The van der Waals surface area contributed by atoms with Crippen LogP contribution in [0.25, 0.3) is 0 Å². The molecular formula is C12H14N6O. The third-order valence-corrected chi connectivity index (χ3v) is 2.59. The third kappa shape index (κ3) is 3.23. The Hall–Kier alpha value is -2.54. The van der Waals surface area contributed by atoms with E-state index < -0.39 is 0 Å². The van der Waals surface area contributed by atoms with Crippen LogP contribution < -0.4 is 16.6 Å². The van der Waals surface area contributed by atoms with Gasteiger partial charge in [0, 0.05) is 12.4 Å². The van der Waals surface area contributed by atoms with E-state index in [-0.39, 0.29) is 17.6 Å². The van der Waals surface area contributed by atoms with Crippen LogP contribution in [0, 0.1) is 0 Å². The fourth-order valence-corrected chi connectivity index (χ4v) is 1.53. The number of amides is 1. The summed E-state index contributed by atoms with van der Waals surface area (Å²) in [4.78, 5) is 23.8. The Bertz CT molecular complexity index is 542. The lowest BCUT2D eigenvalue weighted by Gasteiger charge is -2.13. The van der Waals surface area contributed by atoms with Gasteiger partial charge >= 0.3 is 0 Å². The number of hydrogen-bond acceptors (Lipinski definition) is 6. The molecule has 0 radical (unpaired) electrons. The number of carbonyl (C=O) groups is 1. The van der Waals surface area contributed by atoms with Gasteiger partial charge in [0.25, 0.3) is 5.91 Å². The quantitative estimate of drug-likeness (QED) is 0.549. The molecule has 4 N–H and O–H groups in total. The molecule has 19 heavy (non-hydrogen) atoms. The van der Waals surface area contributed by atoms with E-state index in [0.29, 0.717) is 5.82 Å². The van der Waals surface area contributed by atoms with Crippen molar-refractivity contribution in [1.82, 2.24) is 20.3 Å². The zero-order valence-electron chi connectivity index (χ0n) is 10.4. The van der Waals surface area contributed by atoms with E-state index in [4.69, 9.17) is 5.84 Å². The molecule has 7 nitrogen and oxygen atoms in total. The fourth-order valence-electron chi connectivity index (χ4n) is 1.53. The Kier molecular flexibility index (Phi) is 3.99. The Morgan fingerprint density at radius 1 is 1.26 bits per heavy atom. The maximum absolute atomic E-state index is 11.9. The second-order valence-corrected chi connectivity index (χ2v) is 3.91. The van der Waals surface area contributed by atoms with Crippen molar-refractivity contribution in [3.63, 3.8) is 0 Å². The van der Waals surface area contributed by atoms with Gasteiger partial charge in [0.05, 0.1) is 18.4 Å². The van der Waals surface area contributed by atoms with E-state index in [0.717, 1.165) is 5.56 Å². The number of nitrogen functional groups attached to an aromatic ring is 1. The average molecular weight is 258 g/mol. The third-order valence-electron chi connectivity index (χ3n) is 2.59. The highest BCUT2D eigenvalue weighted by Gasteiger charge is 2.12.